The van der Waals surface area contributed by atoms with Gasteiger partial charge in [0.15, 0.2) is 0 Å². The third kappa shape index (κ3) is 3.46. The minimum atomic E-state index is -0.430. The first-order chi connectivity index (χ1) is 11.9. The van der Waals surface area contributed by atoms with Crippen molar-refractivity contribution in [1.29, 1.82) is 0 Å². The van der Waals surface area contributed by atoms with Crippen molar-refractivity contribution in [2.45, 2.75) is 32.9 Å². The Kier molecular flexibility index (Phi) is 3.91. The van der Waals surface area contributed by atoms with E-state index in [4.69, 9.17) is 4.74 Å². The average molecular weight is 343 g/mol. The van der Waals surface area contributed by atoms with Gasteiger partial charge in [-0.05, 0) is 50.3 Å². The Morgan fingerprint density at radius 2 is 1.84 bits per heavy atom. The second kappa shape index (κ2) is 5.98. The van der Waals surface area contributed by atoms with Crippen LogP contribution >= 0.6 is 0 Å². The van der Waals surface area contributed by atoms with Crippen molar-refractivity contribution < 1.29 is 9.53 Å². The molecule has 0 bridgehead atoms. The first kappa shape index (κ1) is 16.3. The van der Waals surface area contributed by atoms with Crippen LogP contribution in [0.5, 0.6) is 0 Å². The van der Waals surface area contributed by atoms with E-state index in [1.54, 1.807) is 0 Å². The highest BCUT2D eigenvalue weighted by Gasteiger charge is 2.42. The third-order valence-electron chi connectivity index (χ3n) is 5.00. The zero-order chi connectivity index (χ0) is 17.6. The summed E-state index contributed by atoms with van der Waals surface area (Å²) in [5, 5.41) is 10.9. The van der Waals surface area contributed by atoms with Crippen LogP contribution in [0, 0.1) is 11.8 Å². The van der Waals surface area contributed by atoms with Gasteiger partial charge in [-0.2, -0.15) is 15.4 Å². The zero-order valence-electron chi connectivity index (χ0n) is 15.0. The molecule has 2 fully saturated rings. The van der Waals surface area contributed by atoms with E-state index in [9.17, 15) is 4.79 Å². The SMILES string of the molecule is CC(C)(C)OC(=O)N1CC2CN(Cc3ccc4n[nH]nc4c3)CC2C1. The molecule has 1 aromatic carbocycles. The molecule has 7 heteroatoms. The van der Waals surface area contributed by atoms with Crippen molar-refractivity contribution in [1.82, 2.24) is 25.2 Å². The molecular formula is C18H25N5O2. The van der Waals surface area contributed by atoms with Gasteiger partial charge in [0.1, 0.15) is 16.6 Å². The molecule has 0 radical (unpaired) electrons. The molecule has 2 unspecified atom stereocenters. The fourth-order valence-electron chi connectivity index (χ4n) is 3.94. The molecule has 4 rings (SSSR count). The Morgan fingerprint density at radius 1 is 1.16 bits per heavy atom. The van der Waals surface area contributed by atoms with Gasteiger partial charge in [0, 0.05) is 32.7 Å². The van der Waals surface area contributed by atoms with Crippen molar-refractivity contribution in [2.75, 3.05) is 26.2 Å². The standard InChI is InChI=1S/C18H25N5O2/c1-18(2,3)25-17(24)23-10-13-8-22(9-14(13)11-23)7-12-4-5-15-16(6-12)20-21-19-15/h4-6,13-14H,7-11H2,1-3H3,(H,19,20,21). The van der Waals surface area contributed by atoms with Crippen molar-refractivity contribution in [3.05, 3.63) is 23.8 Å². The predicted octanol–water partition coefficient (Wildman–Crippen LogP) is 2.26. The van der Waals surface area contributed by atoms with Crippen LogP contribution in [0.3, 0.4) is 0 Å². The average Bonchev–Trinajstić information content (AvgIpc) is 3.18. The van der Waals surface area contributed by atoms with Crippen molar-refractivity contribution in [2.24, 2.45) is 11.8 Å². The summed E-state index contributed by atoms with van der Waals surface area (Å²) in [6.45, 7) is 10.3. The number of rotatable bonds is 2. The molecular weight excluding hydrogens is 318 g/mol. The van der Waals surface area contributed by atoms with E-state index >= 15 is 0 Å². The summed E-state index contributed by atoms with van der Waals surface area (Å²) in [5.41, 5.74) is 2.63. The van der Waals surface area contributed by atoms with E-state index in [0.29, 0.717) is 11.8 Å². The van der Waals surface area contributed by atoms with Gasteiger partial charge in [-0.1, -0.05) is 6.07 Å². The lowest BCUT2D eigenvalue weighted by molar-refractivity contribution is 0.0274. The van der Waals surface area contributed by atoms with Gasteiger partial charge in [-0.25, -0.2) is 4.79 Å². The maximum atomic E-state index is 12.2. The topological polar surface area (TPSA) is 74.3 Å². The minimum absolute atomic E-state index is 0.176. The van der Waals surface area contributed by atoms with E-state index in [-0.39, 0.29) is 6.09 Å². The second-order valence-electron chi connectivity index (χ2n) is 8.25. The number of carbonyl (C=O) groups is 1. The van der Waals surface area contributed by atoms with Crippen LogP contribution in [0.25, 0.3) is 11.0 Å². The Morgan fingerprint density at radius 3 is 2.52 bits per heavy atom. The summed E-state index contributed by atoms with van der Waals surface area (Å²) in [5.74, 6) is 1.09. The first-order valence-electron chi connectivity index (χ1n) is 8.87. The molecule has 1 amide bonds. The lowest BCUT2D eigenvalue weighted by Crippen LogP contribution is -2.37. The Hall–Kier alpha value is -2.15. The van der Waals surface area contributed by atoms with E-state index in [2.05, 4.69) is 32.4 Å². The number of benzene rings is 1. The smallest absolute Gasteiger partial charge is 0.410 e. The van der Waals surface area contributed by atoms with Crippen LogP contribution in [0.15, 0.2) is 18.2 Å². The number of hydrogen-bond acceptors (Lipinski definition) is 5. The van der Waals surface area contributed by atoms with Crippen molar-refractivity contribution in [3.8, 4) is 0 Å². The normalized spacial score (nSPS) is 24.0. The van der Waals surface area contributed by atoms with Crippen LogP contribution in [-0.4, -0.2) is 63.1 Å². The number of fused-ring (bicyclic) bond motifs is 2. The van der Waals surface area contributed by atoms with Gasteiger partial charge in [0.05, 0.1) is 0 Å². The second-order valence-corrected chi connectivity index (χ2v) is 8.25. The summed E-state index contributed by atoms with van der Waals surface area (Å²) >= 11 is 0. The number of aromatic amines is 1. The van der Waals surface area contributed by atoms with Crippen LogP contribution in [0.1, 0.15) is 26.3 Å². The predicted molar refractivity (Wildman–Crippen MR) is 94.0 cm³/mol. The molecule has 2 atom stereocenters. The van der Waals surface area contributed by atoms with E-state index in [1.807, 2.05) is 31.7 Å². The number of likely N-dealkylation sites (tertiary alicyclic amines) is 2. The molecule has 2 aliphatic heterocycles. The third-order valence-corrected chi connectivity index (χ3v) is 5.00. The fraction of sp³-hybridized carbons (Fsp3) is 0.611. The Labute approximate surface area is 147 Å². The number of carbonyl (C=O) groups excluding carboxylic acids is 1. The van der Waals surface area contributed by atoms with Gasteiger partial charge in [0.25, 0.3) is 0 Å². The molecule has 2 aromatic rings. The van der Waals surface area contributed by atoms with Gasteiger partial charge in [-0.15, -0.1) is 0 Å². The fourth-order valence-corrected chi connectivity index (χ4v) is 3.94. The van der Waals surface area contributed by atoms with Crippen molar-refractivity contribution >= 4 is 17.1 Å². The molecule has 1 N–H and O–H groups in total. The highest BCUT2D eigenvalue weighted by atomic mass is 16.6. The molecule has 2 aliphatic rings. The maximum absolute atomic E-state index is 12.2. The van der Waals surface area contributed by atoms with Crippen LogP contribution in [0.4, 0.5) is 4.79 Å². The number of aromatic nitrogens is 3. The lowest BCUT2D eigenvalue weighted by atomic mass is 10.0. The molecule has 3 heterocycles. The van der Waals surface area contributed by atoms with E-state index < -0.39 is 5.60 Å². The number of ether oxygens (including phenoxy) is 1. The molecule has 1 aromatic heterocycles. The van der Waals surface area contributed by atoms with E-state index in [1.165, 1.54) is 5.56 Å². The largest absolute Gasteiger partial charge is 0.444 e. The summed E-state index contributed by atoms with van der Waals surface area (Å²) in [6, 6.07) is 6.22. The summed E-state index contributed by atoms with van der Waals surface area (Å²) in [7, 11) is 0. The summed E-state index contributed by atoms with van der Waals surface area (Å²) in [4.78, 5) is 16.6. The van der Waals surface area contributed by atoms with Crippen LogP contribution in [-0.2, 0) is 11.3 Å². The number of nitrogens with zero attached hydrogens (tertiary/aromatic N) is 4. The number of amides is 1. The van der Waals surface area contributed by atoms with Crippen LogP contribution < -0.4 is 0 Å². The first-order valence-corrected chi connectivity index (χ1v) is 8.87. The van der Waals surface area contributed by atoms with Crippen LogP contribution in [0.2, 0.25) is 0 Å². The zero-order valence-corrected chi connectivity index (χ0v) is 15.0. The Balaban J connectivity index is 1.34. The molecule has 0 aliphatic carbocycles. The van der Waals surface area contributed by atoms with Gasteiger partial charge in [-0.3, -0.25) is 4.90 Å². The monoisotopic (exact) mass is 343 g/mol. The molecule has 0 spiro atoms. The summed E-state index contributed by atoms with van der Waals surface area (Å²) in [6.07, 6.45) is -0.176. The molecule has 25 heavy (non-hydrogen) atoms. The quantitative estimate of drug-likeness (QED) is 0.905. The van der Waals surface area contributed by atoms with Gasteiger partial charge >= 0.3 is 6.09 Å². The van der Waals surface area contributed by atoms with E-state index in [0.717, 1.165) is 43.8 Å². The minimum Gasteiger partial charge on any atom is -0.444 e. The number of hydrogen-bond donors (Lipinski definition) is 1. The molecule has 2 saturated heterocycles. The lowest BCUT2D eigenvalue weighted by Gasteiger charge is -2.26. The van der Waals surface area contributed by atoms with Gasteiger partial charge in [0.2, 0.25) is 0 Å². The van der Waals surface area contributed by atoms with Crippen molar-refractivity contribution in [3.63, 3.8) is 0 Å². The van der Waals surface area contributed by atoms with Gasteiger partial charge < -0.3 is 9.64 Å². The number of H-pyrrole nitrogens is 1. The molecule has 0 saturated carbocycles. The molecule has 7 nitrogen and oxygen atoms in total. The Bertz CT molecular complexity index is 767. The summed E-state index contributed by atoms with van der Waals surface area (Å²) < 4.78 is 5.50. The molecule has 134 valence electrons. The maximum Gasteiger partial charge on any atom is 0.410 e. The highest BCUT2D eigenvalue weighted by molar-refractivity contribution is 5.74. The number of nitrogens with one attached hydrogen (secondary N) is 1. The highest BCUT2D eigenvalue weighted by Crippen LogP contribution is 2.32.